The largest absolute Gasteiger partial charge is 0.497 e. The lowest BCUT2D eigenvalue weighted by Crippen LogP contribution is -2.56. The molecule has 50 heavy (non-hydrogen) atoms. The van der Waals surface area contributed by atoms with E-state index in [0.717, 1.165) is 71.1 Å². The lowest BCUT2D eigenvalue weighted by Gasteiger charge is -2.53. The predicted octanol–water partition coefficient (Wildman–Crippen LogP) is 8.13. The van der Waals surface area contributed by atoms with Gasteiger partial charge in [-0.2, -0.15) is 0 Å². The van der Waals surface area contributed by atoms with E-state index < -0.39 is 0 Å². The number of anilines is 1. The van der Waals surface area contributed by atoms with Crippen molar-refractivity contribution in [2.45, 2.75) is 128 Å². The standard InChI is InChI=1S/C44H72N4O2/c1-27-37-25-47(21-17-33(37)29(3)43-41(27)35-23-31(49-5)13-15-39(35)45-43)19-11-9-7-8-10-12-20-48-22-18-34-30(4)44-42(28(2)38(34)26-48)36-24-32(50-6)14-16-40(36)46-44/h13,15,23,27-30,32-34,36-38,40-46H,7-12,14,16-22,24-26H2,1-6H3. The maximum absolute atomic E-state index is 5.89. The van der Waals surface area contributed by atoms with E-state index in [1.54, 1.807) is 7.11 Å². The maximum Gasteiger partial charge on any atom is 0.119 e. The van der Waals surface area contributed by atoms with Crippen LogP contribution >= 0.6 is 0 Å². The third-order valence-corrected chi connectivity index (χ3v) is 16.6. The van der Waals surface area contributed by atoms with Gasteiger partial charge in [-0.15, -0.1) is 0 Å². The molecule has 3 saturated heterocycles. The van der Waals surface area contributed by atoms with Gasteiger partial charge in [-0.05, 0) is 154 Å². The van der Waals surface area contributed by atoms with Gasteiger partial charge in [0, 0.05) is 49.9 Å². The number of ether oxygens (including phenoxy) is 2. The molecule has 280 valence electrons. The minimum Gasteiger partial charge on any atom is -0.497 e. The summed E-state index contributed by atoms with van der Waals surface area (Å²) < 4.78 is 11.5. The number of nitrogens with zero attached hydrogens (tertiary/aromatic N) is 2. The van der Waals surface area contributed by atoms with Gasteiger partial charge in [0.15, 0.2) is 0 Å². The van der Waals surface area contributed by atoms with E-state index >= 15 is 0 Å². The van der Waals surface area contributed by atoms with Crippen molar-refractivity contribution in [3.63, 3.8) is 0 Å². The zero-order chi connectivity index (χ0) is 34.5. The molecule has 15 unspecified atom stereocenters. The van der Waals surface area contributed by atoms with Gasteiger partial charge in [0.25, 0.3) is 0 Å². The summed E-state index contributed by atoms with van der Waals surface area (Å²) in [6.45, 7) is 18.3. The Morgan fingerprint density at radius 2 is 1.32 bits per heavy atom. The second kappa shape index (κ2) is 15.2. The van der Waals surface area contributed by atoms with E-state index in [9.17, 15) is 0 Å². The topological polar surface area (TPSA) is 49.0 Å². The summed E-state index contributed by atoms with van der Waals surface area (Å²) >= 11 is 0. The third kappa shape index (κ3) is 6.57. The number of rotatable bonds is 11. The van der Waals surface area contributed by atoms with Crippen LogP contribution in [-0.4, -0.2) is 87.5 Å². The first-order chi connectivity index (χ1) is 24.4. The van der Waals surface area contributed by atoms with Crippen LogP contribution < -0.4 is 15.4 Å². The molecule has 6 fully saturated rings. The van der Waals surface area contributed by atoms with Gasteiger partial charge in [-0.1, -0.05) is 53.4 Å². The van der Waals surface area contributed by atoms with Gasteiger partial charge < -0.3 is 29.9 Å². The number of hydrogen-bond acceptors (Lipinski definition) is 6. The molecular formula is C44H72N4O2. The molecule has 3 saturated carbocycles. The first kappa shape index (κ1) is 35.7. The molecule has 0 aromatic heterocycles. The first-order valence-corrected chi connectivity index (χ1v) is 21.5. The molecule has 6 nitrogen and oxygen atoms in total. The van der Waals surface area contributed by atoms with Gasteiger partial charge in [0.1, 0.15) is 5.75 Å². The molecule has 8 rings (SSSR count). The SMILES string of the molecule is COc1ccc2c(c1)C1C(C)C3CN(CCCCCCCCN4CCC5C(C)C6NC7CCC(OC)CC7C6C(C)C5C4)CCC3C(C)C1N2. The van der Waals surface area contributed by atoms with E-state index in [1.807, 2.05) is 7.11 Å². The second-order valence-corrected chi connectivity index (χ2v) is 18.8. The van der Waals surface area contributed by atoms with Crippen LogP contribution in [0.3, 0.4) is 0 Å². The highest BCUT2D eigenvalue weighted by Gasteiger charge is 2.57. The number of hydrogen-bond donors (Lipinski definition) is 2. The second-order valence-electron chi connectivity index (χ2n) is 18.8. The van der Waals surface area contributed by atoms with Crippen molar-refractivity contribution in [3.8, 4) is 5.75 Å². The van der Waals surface area contributed by atoms with E-state index in [-0.39, 0.29) is 0 Å². The van der Waals surface area contributed by atoms with Crippen molar-refractivity contribution in [1.82, 2.24) is 15.1 Å². The van der Waals surface area contributed by atoms with Crippen LogP contribution in [0.5, 0.6) is 5.75 Å². The Labute approximate surface area is 305 Å². The fraction of sp³-hybridized carbons (Fsp3) is 0.864. The number of fused-ring (bicyclic) bond motifs is 8. The fourth-order valence-electron chi connectivity index (χ4n) is 13.9. The number of benzene rings is 1. The highest BCUT2D eigenvalue weighted by atomic mass is 16.5. The molecule has 1 aromatic carbocycles. The summed E-state index contributed by atoms with van der Waals surface area (Å²) in [5.41, 5.74) is 2.86. The van der Waals surface area contributed by atoms with E-state index in [0.29, 0.717) is 24.0 Å². The summed E-state index contributed by atoms with van der Waals surface area (Å²) in [5, 5.41) is 8.14. The Morgan fingerprint density at radius 1 is 0.680 bits per heavy atom. The molecular weight excluding hydrogens is 617 g/mol. The van der Waals surface area contributed by atoms with Crippen LogP contribution in [0.25, 0.3) is 0 Å². The third-order valence-electron chi connectivity index (χ3n) is 16.6. The van der Waals surface area contributed by atoms with Crippen LogP contribution in [0.4, 0.5) is 5.69 Å². The van der Waals surface area contributed by atoms with Crippen LogP contribution in [0, 0.1) is 59.2 Å². The van der Waals surface area contributed by atoms with Crippen molar-refractivity contribution in [2.75, 3.05) is 58.8 Å². The highest BCUT2D eigenvalue weighted by Crippen LogP contribution is 2.56. The van der Waals surface area contributed by atoms with Crippen LogP contribution in [0.1, 0.15) is 110 Å². The van der Waals surface area contributed by atoms with Crippen molar-refractivity contribution in [2.24, 2.45) is 59.2 Å². The van der Waals surface area contributed by atoms with E-state index in [4.69, 9.17) is 9.47 Å². The average molecular weight is 689 g/mol. The Balaban J connectivity index is 0.740. The quantitative estimate of drug-likeness (QED) is 0.229. The van der Waals surface area contributed by atoms with Crippen molar-refractivity contribution < 1.29 is 9.47 Å². The lowest BCUT2D eigenvalue weighted by molar-refractivity contribution is -0.0409. The van der Waals surface area contributed by atoms with Crippen molar-refractivity contribution in [1.29, 1.82) is 0 Å². The number of likely N-dealkylation sites (tertiary alicyclic amines) is 2. The Morgan fingerprint density at radius 3 is 1.98 bits per heavy atom. The molecule has 4 aliphatic heterocycles. The maximum atomic E-state index is 5.89. The minimum absolute atomic E-state index is 0.490. The average Bonchev–Trinajstić information content (AvgIpc) is 3.73. The van der Waals surface area contributed by atoms with Crippen molar-refractivity contribution in [3.05, 3.63) is 23.8 Å². The van der Waals surface area contributed by atoms with Gasteiger partial charge in [-0.3, -0.25) is 0 Å². The summed E-state index contributed by atoms with van der Waals surface area (Å²) in [5.74, 6) is 9.90. The van der Waals surface area contributed by atoms with Crippen LogP contribution in [0.15, 0.2) is 18.2 Å². The minimum atomic E-state index is 0.490. The zero-order valence-electron chi connectivity index (χ0n) is 32.6. The summed E-state index contributed by atoms with van der Waals surface area (Å²) in [6.07, 6.45) is 15.6. The smallest absolute Gasteiger partial charge is 0.119 e. The molecule has 2 N–H and O–H groups in total. The molecule has 3 aliphatic carbocycles. The van der Waals surface area contributed by atoms with Gasteiger partial charge in [-0.25, -0.2) is 0 Å². The van der Waals surface area contributed by atoms with E-state index in [1.165, 1.54) is 121 Å². The molecule has 0 amide bonds. The summed E-state index contributed by atoms with van der Waals surface area (Å²) in [6, 6.07) is 8.77. The van der Waals surface area contributed by atoms with Crippen LogP contribution in [0.2, 0.25) is 0 Å². The molecule has 4 heterocycles. The van der Waals surface area contributed by atoms with Gasteiger partial charge >= 0.3 is 0 Å². The Bertz CT molecular complexity index is 1290. The van der Waals surface area contributed by atoms with Gasteiger partial charge in [0.2, 0.25) is 0 Å². The first-order valence-electron chi connectivity index (χ1n) is 21.5. The molecule has 0 bridgehead atoms. The molecule has 7 aliphatic rings. The number of methoxy groups -OCH3 is 2. The molecule has 1 aromatic rings. The Kier molecular flexibility index (Phi) is 10.8. The molecule has 15 atom stereocenters. The summed E-state index contributed by atoms with van der Waals surface area (Å²) in [4.78, 5) is 5.71. The highest BCUT2D eigenvalue weighted by molar-refractivity contribution is 5.62. The Hall–Kier alpha value is -1.34. The monoisotopic (exact) mass is 689 g/mol. The number of nitrogens with one attached hydrogen (secondary N) is 2. The molecule has 0 radical (unpaired) electrons. The van der Waals surface area contributed by atoms with Crippen LogP contribution in [-0.2, 0) is 4.74 Å². The number of piperidine rings is 2. The van der Waals surface area contributed by atoms with E-state index in [2.05, 4.69) is 66.3 Å². The van der Waals surface area contributed by atoms with Gasteiger partial charge in [0.05, 0.1) is 13.2 Å². The fourth-order valence-corrected chi connectivity index (χ4v) is 13.9. The van der Waals surface area contributed by atoms with Crippen molar-refractivity contribution >= 4 is 5.69 Å². The normalized spacial score (nSPS) is 43.9. The molecule has 6 heteroatoms. The molecule has 0 spiro atoms. The number of unbranched alkanes of at least 4 members (excludes halogenated alkanes) is 5. The zero-order valence-corrected chi connectivity index (χ0v) is 32.6. The lowest BCUT2D eigenvalue weighted by atomic mass is 9.56. The predicted molar refractivity (Wildman–Crippen MR) is 206 cm³/mol. The summed E-state index contributed by atoms with van der Waals surface area (Å²) in [7, 11) is 3.74.